The molecule has 1 aromatic carbocycles. The van der Waals surface area contributed by atoms with Crippen LogP contribution in [0.2, 0.25) is 0 Å². The molecule has 0 aliphatic rings. The fourth-order valence-corrected chi connectivity index (χ4v) is 1.64. The molecule has 0 saturated heterocycles. The molecule has 1 N–H and O–H groups in total. The molecule has 0 fully saturated rings. The van der Waals surface area contributed by atoms with Crippen LogP contribution in [-0.2, 0) is 0 Å². The lowest BCUT2D eigenvalue weighted by Gasteiger charge is -2.11. The van der Waals surface area contributed by atoms with Crippen molar-refractivity contribution < 1.29 is 0 Å². The zero-order valence-electron chi connectivity index (χ0n) is 8.50. The van der Waals surface area contributed by atoms with Gasteiger partial charge in [0.15, 0.2) is 0 Å². The van der Waals surface area contributed by atoms with Gasteiger partial charge in [-0.1, -0.05) is 48.7 Å². The van der Waals surface area contributed by atoms with Crippen molar-refractivity contribution in [1.82, 2.24) is 4.72 Å². The summed E-state index contributed by atoms with van der Waals surface area (Å²) in [6.07, 6.45) is 2.06. The van der Waals surface area contributed by atoms with E-state index in [-0.39, 0.29) is 0 Å². The summed E-state index contributed by atoms with van der Waals surface area (Å²) in [5, 5.41) is 0. The Morgan fingerprint density at radius 1 is 1.31 bits per heavy atom. The minimum absolute atomic E-state index is 0.591. The zero-order chi connectivity index (χ0) is 9.68. The third-order valence-corrected chi connectivity index (χ3v) is 2.64. The Kier molecular flexibility index (Phi) is 4.33. The lowest BCUT2D eigenvalue weighted by atomic mass is 10.0. The van der Waals surface area contributed by atoms with Gasteiger partial charge in [0.05, 0.1) is 0 Å². The summed E-state index contributed by atoms with van der Waals surface area (Å²) in [5.41, 5.74) is 2.74. The van der Waals surface area contributed by atoms with Crippen LogP contribution in [0.5, 0.6) is 0 Å². The molecule has 1 atom stereocenters. The van der Waals surface area contributed by atoms with Gasteiger partial charge in [0.1, 0.15) is 0 Å². The largest absolute Gasteiger partial charge is 0.264 e. The van der Waals surface area contributed by atoms with E-state index < -0.39 is 0 Å². The van der Waals surface area contributed by atoms with E-state index in [1.807, 2.05) is 0 Å². The van der Waals surface area contributed by atoms with Gasteiger partial charge in [0, 0.05) is 6.54 Å². The van der Waals surface area contributed by atoms with Crippen molar-refractivity contribution in [1.29, 1.82) is 0 Å². The maximum atomic E-state index is 3.28. The van der Waals surface area contributed by atoms with Gasteiger partial charge in [-0.3, -0.25) is 4.72 Å². The average Bonchev–Trinajstić information content (AvgIpc) is 2.15. The average molecular weight is 195 g/mol. The predicted molar refractivity (Wildman–Crippen MR) is 61.1 cm³/mol. The van der Waals surface area contributed by atoms with Crippen LogP contribution in [0.3, 0.4) is 0 Å². The maximum Gasteiger partial charge on any atom is 0.0125 e. The zero-order valence-corrected chi connectivity index (χ0v) is 9.32. The van der Waals surface area contributed by atoms with E-state index in [1.165, 1.54) is 11.1 Å². The third kappa shape index (κ3) is 3.41. The molecule has 2 heteroatoms. The minimum Gasteiger partial charge on any atom is -0.264 e. The van der Waals surface area contributed by atoms with E-state index in [4.69, 9.17) is 0 Å². The van der Waals surface area contributed by atoms with Crippen molar-refractivity contribution in [2.24, 2.45) is 0 Å². The van der Waals surface area contributed by atoms with Gasteiger partial charge in [-0.2, -0.15) is 0 Å². The molecule has 1 aromatic rings. The number of rotatable bonds is 4. The fraction of sp³-hybridized carbons (Fsp3) is 0.455. The molecule has 0 radical (unpaired) electrons. The number of hydrogen-bond donors (Lipinski definition) is 1. The smallest absolute Gasteiger partial charge is 0.0125 e. The Morgan fingerprint density at radius 2 is 1.92 bits per heavy atom. The Balaban J connectivity index is 2.55. The highest BCUT2D eigenvalue weighted by molar-refractivity contribution is 7.96. The standard InChI is InChI=1S/C11H17NS/c1-9-4-6-11(7-5-9)10(2)8-12-13-3/h4-7,10,12H,8H2,1-3H3. The molecule has 0 spiro atoms. The molecule has 0 amide bonds. The molecule has 1 unspecified atom stereocenters. The van der Waals surface area contributed by atoms with Gasteiger partial charge in [-0.25, -0.2) is 0 Å². The predicted octanol–water partition coefficient (Wildman–Crippen LogP) is 2.97. The lowest BCUT2D eigenvalue weighted by Crippen LogP contribution is -2.12. The van der Waals surface area contributed by atoms with Crippen molar-refractivity contribution in [3.8, 4) is 0 Å². The second-order valence-electron chi connectivity index (χ2n) is 3.36. The summed E-state index contributed by atoms with van der Waals surface area (Å²) >= 11 is 1.68. The summed E-state index contributed by atoms with van der Waals surface area (Å²) in [6, 6.07) is 8.76. The topological polar surface area (TPSA) is 12.0 Å². The van der Waals surface area contributed by atoms with E-state index in [0.29, 0.717) is 5.92 Å². The highest BCUT2D eigenvalue weighted by Gasteiger charge is 2.03. The maximum absolute atomic E-state index is 3.28. The summed E-state index contributed by atoms with van der Waals surface area (Å²) in [7, 11) is 0. The van der Waals surface area contributed by atoms with Crippen LogP contribution in [0.1, 0.15) is 24.0 Å². The number of hydrogen-bond acceptors (Lipinski definition) is 2. The second-order valence-corrected chi connectivity index (χ2v) is 4.06. The number of benzene rings is 1. The number of aryl methyl sites for hydroxylation is 1. The molecule has 0 aliphatic heterocycles. The fourth-order valence-electron chi connectivity index (χ4n) is 1.22. The van der Waals surface area contributed by atoms with Crippen LogP contribution >= 0.6 is 11.9 Å². The quantitative estimate of drug-likeness (QED) is 0.741. The summed E-state index contributed by atoms with van der Waals surface area (Å²) < 4.78 is 3.28. The van der Waals surface area contributed by atoms with Gasteiger partial charge >= 0.3 is 0 Å². The second kappa shape index (κ2) is 5.30. The van der Waals surface area contributed by atoms with E-state index >= 15 is 0 Å². The molecule has 13 heavy (non-hydrogen) atoms. The van der Waals surface area contributed by atoms with E-state index in [1.54, 1.807) is 11.9 Å². The summed E-state index contributed by atoms with van der Waals surface area (Å²) in [5.74, 6) is 0.591. The van der Waals surface area contributed by atoms with Crippen molar-refractivity contribution in [2.45, 2.75) is 19.8 Å². The van der Waals surface area contributed by atoms with Crippen molar-refractivity contribution in [2.75, 3.05) is 12.8 Å². The first-order valence-electron chi connectivity index (χ1n) is 4.56. The van der Waals surface area contributed by atoms with Gasteiger partial charge < -0.3 is 0 Å². The summed E-state index contributed by atoms with van der Waals surface area (Å²) in [4.78, 5) is 0. The van der Waals surface area contributed by atoms with Crippen LogP contribution in [0, 0.1) is 6.92 Å². The van der Waals surface area contributed by atoms with E-state index in [2.05, 4.69) is 49.1 Å². The lowest BCUT2D eigenvalue weighted by molar-refractivity contribution is 0.742. The Hall–Kier alpha value is -0.470. The Labute approximate surface area is 85.1 Å². The van der Waals surface area contributed by atoms with Crippen LogP contribution in [0.15, 0.2) is 24.3 Å². The van der Waals surface area contributed by atoms with Crippen molar-refractivity contribution in [3.63, 3.8) is 0 Å². The molecule has 1 nitrogen and oxygen atoms in total. The van der Waals surface area contributed by atoms with Gasteiger partial charge in [-0.15, -0.1) is 0 Å². The molecular weight excluding hydrogens is 178 g/mol. The highest BCUT2D eigenvalue weighted by Crippen LogP contribution is 2.15. The monoisotopic (exact) mass is 195 g/mol. The highest BCUT2D eigenvalue weighted by atomic mass is 32.2. The summed E-state index contributed by atoms with van der Waals surface area (Å²) in [6.45, 7) is 5.40. The van der Waals surface area contributed by atoms with Gasteiger partial charge in [0.2, 0.25) is 0 Å². The Bertz CT molecular complexity index is 243. The van der Waals surface area contributed by atoms with Crippen LogP contribution in [0.4, 0.5) is 0 Å². The SMILES string of the molecule is CSNCC(C)c1ccc(C)cc1. The molecule has 1 rings (SSSR count). The first-order chi connectivity index (χ1) is 6.24. The van der Waals surface area contributed by atoms with Crippen molar-refractivity contribution >= 4 is 11.9 Å². The molecule has 0 heterocycles. The van der Waals surface area contributed by atoms with E-state index in [9.17, 15) is 0 Å². The van der Waals surface area contributed by atoms with Crippen LogP contribution < -0.4 is 4.72 Å². The van der Waals surface area contributed by atoms with Crippen LogP contribution in [-0.4, -0.2) is 12.8 Å². The third-order valence-electron chi connectivity index (χ3n) is 2.18. The Morgan fingerprint density at radius 3 is 2.46 bits per heavy atom. The molecule has 0 bridgehead atoms. The van der Waals surface area contributed by atoms with Gasteiger partial charge in [0.25, 0.3) is 0 Å². The molecule has 0 saturated carbocycles. The normalized spacial score (nSPS) is 12.8. The first kappa shape index (κ1) is 10.6. The van der Waals surface area contributed by atoms with E-state index in [0.717, 1.165) is 6.54 Å². The minimum atomic E-state index is 0.591. The van der Waals surface area contributed by atoms with Crippen LogP contribution in [0.25, 0.3) is 0 Å². The molecule has 0 aliphatic carbocycles. The number of nitrogens with one attached hydrogen (secondary N) is 1. The first-order valence-corrected chi connectivity index (χ1v) is 5.79. The molecular formula is C11H17NS. The molecule has 72 valence electrons. The van der Waals surface area contributed by atoms with Crippen molar-refractivity contribution in [3.05, 3.63) is 35.4 Å². The molecule has 0 aromatic heterocycles. The van der Waals surface area contributed by atoms with Gasteiger partial charge in [-0.05, 0) is 24.7 Å².